The lowest BCUT2D eigenvalue weighted by Crippen LogP contribution is -2.37. The van der Waals surface area contributed by atoms with E-state index in [0.29, 0.717) is 11.3 Å². The second kappa shape index (κ2) is 10.8. The van der Waals surface area contributed by atoms with Gasteiger partial charge in [-0.3, -0.25) is 9.00 Å². The first-order valence-electron chi connectivity index (χ1n) is 11.3. The van der Waals surface area contributed by atoms with Crippen LogP contribution in [0.3, 0.4) is 0 Å². The molecule has 0 saturated carbocycles. The highest BCUT2D eigenvalue weighted by Crippen LogP contribution is 2.37. The van der Waals surface area contributed by atoms with Crippen molar-refractivity contribution in [3.05, 3.63) is 70.4 Å². The average Bonchev–Trinajstić information content (AvgIpc) is 3.15. The van der Waals surface area contributed by atoms with Crippen LogP contribution in [0.4, 0.5) is 23.7 Å². The molecule has 2 unspecified atom stereocenters. The summed E-state index contributed by atoms with van der Waals surface area (Å²) < 4.78 is 57.6. The molecule has 2 aromatic rings. The zero-order valence-corrected chi connectivity index (χ0v) is 21.5. The second-order valence-electron chi connectivity index (χ2n) is 9.42. The maximum atomic E-state index is 13.2. The van der Waals surface area contributed by atoms with Gasteiger partial charge < -0.3 is 15.4 Å². The number of nitrogens with one attached hydrogen (secondary N) is 2. The number of allylic oxidation sites excluding steroid dienone is 1. The molecule has 2 atom stereocenters. The van der Waals surface area contributed by atoms with E-state index in [4.69, 9.17) is 4.74 Å². The maximum absolute atomic E-state index is 13.2. The van der Waals surface area contributed by atoms with Gasteiger partial charge in [0, 0.05) is 34.5 Å². The van der Waals surface area contributed by atoms with Gasteiger partial charge in [-0.1, -0.05) is 12.1 Å². The Hall–Kier alpha value is -3.65. The van der Waals surface area contributed by atoms with E-state index in [0.717, 1.165) is 12.1 Å². The summed E-state index contributed by atoms with van der Waals surface area (Å²) in [4.78, 5) is 26.1. The molecule has 2 N–H and O–H groups in total. The molecule has 0 radical (unpaired) electrons. The van der Waals surface area contributed by atoms with Crippen LogP contribution < -0.4 is 10.6 Å². The zero-order valence-electron chi connectivity index (χ0n) is 20.7. The second-order valence-corrected chi connectivity index (χ2v) is 10.8. The maximum Gasteiger partial charge on any atom is 0.416 e. The molecule has 37 heavy (non-hydrogen) atoms. The number of hydrogen-bond acceptors (Lipinski definition) is 6. The lowest BCUT2D eigenvalue weighted by molar-refractivity contribution is -0.137. The first kappa shape index (κ1) is 27.9. The van der Waals surface area contributed by atoms with Gasteiger partial charge in [-0.2, -0.15) is 18.4 Å². The fourth-order valence-corrected chi connectivity index (χ4v) is 4.72. The Morgan fingerprint density at radius 2 is 1.84 bits per heavy atom. The predicted octanol–water partition coefficient (Wildman–Crippen LogP) is 5.61. The minimum Gasteiger partial charge on any atom is -0.444 e. The van der Waals surface area contributed by atoms with Gasteiger partial charge in [0.1, 0.15) is 5.60 Å². The van der Waals surface area contributed by atoms with Gasteiger partial charge in [0.2, 0.25) is 0 Å². The summed E-state index contributed by atoms with van der Waals surface area (Å²) in [6, 6.07) is 9.76. The lowest BCUT2D eigenvalue weighted by Gasteiger charge is -2.26. The molecule has 196 valence electrons. The highest BCUT2D eigenvalue weighted by molar-refractivity contribution is 7.84. The fraction of sp³-hybridized carbons (Fsp3) is 0.346. The van der Waals surface area contributed by atoms with Crippen LogP contribution in [0.15, 0.2) is 58.6 Å². The number of rotatable bonds is 6. The van der Waals surface area contributed by atoms with Gasteiger partial charge in [0.15, 0.2) is 5.78 Å². The number of anilines is 1. The molecule has 11 heteroatoms. The molecule has 0 aromatic heterocycles. The minimum atomic E-state index is -4.55. The number of halogens is 3. The number of Topliss-reactive ketones (excluding diaryl/α,β-unsaturated/α-hetero) is 1. The highest BCUT2D eigenvalue weighted by atomic mass is 32.2. The number of nitriles is 1. The molecule has 1 aliphatic rings. The van der Waals surface area contributed by atoms with Gasteiger partial charge in [0.25, 0.3) is 0 Å². The van der Waals surface area contributed by atoms with Gasteiger partial charge in [-0.15, -0.1) is 0 Å². The van der Waals surface area contributed by atoms with Crippen LogP contribution in [-0.2, 0) is 26.5 Å². The van der Waals surface area contributed by atoms with Crippen molar-refractivity contribution in [3.8, 4) is 6.07 Å². The molecular formula is C26H26F3N3O4S. The number of amides is 1. The number of carbonyl (C=O) groups excluding carboxylic acids is 2. The largest absolute Gasteiger partial charge is 0.444 e. The van der Waals surface area contributed by atoms with Crippen molar-refractivity contribution in [1.82, 2.24) is 5.32 Å². The molecule has 0 spiro atoms. The van der Waals surface area contributed by atoms with E-state index in [1.54, 1.807) is 20.8 Å². The van der Waals surface area contributed by atoms with Crippen molar-refractivity contribution >= 4 is 28.4 Å². The highest BCUT2D eigenvalue weighted by Gasteiger charge is 2.35. The van der Waals surface area contributed by atoms with Crippen molar-refractivity contribution in [2.24, 2.45) is 0 Å². The van der Waals surface area contributed by atoms with Gasteiger partial charge in [0.05, 0.1) is 34.0 Å². The van der Waals surface area contributed by atoms with Crippen molar-refractivity contribution in [2.75, 3.05) is 11.6 Å². The Bertz CT molecular complexity index is 1320. The third-order valence-electron chi connectivity index (χ3n) is 5.43. The van der Waals surface area contributed by atoms with Crippen LogP contribution in [0.1, 0.15) is 56.3 Å². The molecule has 0 saturated heterocycles. The SMILES string of the molecule is CS(=O)c1cc(C#N)ccc1C(NC(=O)OC(C)(C)C)C1=C(Nc2cccc(C(F)(F)F)c2)CCC1=O. The Labute approximate surface area is 215 Å². The van der Waals surface area contributed by atoms with Crippen LogP contribution in [-0.4, -0.2) is 27.9 Å². The number of ether oxygens (including phenoxy) is 1. The first-order chi connectivity index (χ1) is 17.2. The van der Waals surface area contributed by atoms with Gasteiger partial charge in [-0.25, -0.2) is 4.79 Å². The molecule has 0 heterocycles. The van der Waals surface area contributed by atoms with E-state index >= 15 is 0 Å². The fourth-order valence-electron chi connectivity index (χ4n) is 3.91. The Morgan fingerprint density at radius 3 is 2.43 bits per heavy atom. The van der Waals surface area contributed by atoms with E-state index in [-0.39, 0.29) is 40.3 Å². The molecule has 1 aliphatic carbocycles. The van der Waals surface area contributed by atoms with Crippen LogP contribution in [0.25, 0.3) is 0 Å². The molecular weight excluding hydrogens is 507 g/mol. The van der Waals surface area contributed by atoms with E-state index in [2.05, 4.69) is 10.6 Å². The number of benzene rings is 2. The van der Waals surface area contributed by atoms with Crippen LogP contribution in [0.2, 0.25) is 0 Å². The summed E-state index contributed by atoms with van der Waals surface area (Å²) in [5, 5.41) is 14.9. The van der Waals surface area contributed by atoms with Gasteiger partial charge >= 0.3 is 12.3 Å². The number of alkyl halides is 3. The standard InChI is InChI=1S/C26H26F3N3O4S/c1-25(2,3)36-24(34)32-23(18-9-8-15(14-30)12-21(18)37(4)35)22-19(10-11-20(22)33)31-17-7-5-6-16(13-17)26(27,28)29/h5-9,12-13,23,31H,10-11H2,1-4H3,(H,32,34). The summed E-state index contributed by atoms with van der Waals surface area (Å²) in [6.07, 6.45) is -3.75. The molecule has 3 rings (SSSR count). The monoisotopic (exact) mass is 533 g/mol. The molecule has 1 amide bonds. The van der Waals surface area contributed by atoms with E-state index in [1.165, 1.54) is 36.6 Å². The third kappa shape index (κ3) is 6.98. The van der Waals surface area contributed by atoms with Crippen LogP contribution in [0.5, 0.6) is 0 Å². The molecule has 0 aliphatic heterocycles. The summed E-state index contributed by atoms with van der Waals surface area (Å²) in [5.41, 5.74) is -0.626. The minimum absolute atomic E-state index is 0.0595. The zero-order chi connectivity index (χ0) is 27.5. The van der Waals surface area contributed by atoms with E-state index in [9.17, 15) is 32.2 Å². The Balaban J connectivity index is 2.14. The summed E-state index contributed by atoms with van der Waals surface area (Å²) in [6.45, 7) is 4.99. The molecule has 2 aromatic carbocycles. The predicted molar refractivity (Wildman–Crippen MR) is 132 cm³/mol. The lowest BCUT2D eigenvalue weighted by atomic mass is 9.95. The number of hydrogen-bond donors (Lipinski definition) is 2. The average molecular weight is 534 g/mol. The van der Waals surface area contributed by atoms with Crippen molar-refractivity contribution in [3.63, 3.8) is 0 Å². The number of nitrogens with zero attached hydrogens (tertiary/aromatic N) is 1. The summed E-state index contributed by atoms with van der Waals surface area (Å²) in [7, 11) is -1.60. The normalized spacial score (nSPS) is 15.7. The van der Waals surface area contributed by atoms with Crippen LogP contribution >= 0.6 is 0 Å². The molecule has 0 fully saturated rings. The third-order valence-corrected chi connectivity index (χ3v) is 6.40. The summed E-state index contributed by atoms with van der Waals surface area (Å²) >= 11 is 0. The number of ketones is 1. The topological polar surface area (TPSA) is 108 Å². The summed E-state index contributed by atoms with van der Waals surface area (Å²) in [5.74, 6) is -0.340. The smallest absolute Gasteiger partial charge is 0.416 e. The first-order valence-corrected chi connectivity index (χ1v) is 12.8. The molecule has 7 nitrogen and oxygen atoms in total. The van der Waals surface area contributed by atoms with E-state index in [1.807, 2.05) is 6.07 Å². The van der Waals surface area contributed by atoms with Crippen molar-refractivity contribution in [1.29, 1.82) is 5.26 Å². The Morgan fingerprint density at radius 1 is 1.14 bits per heavy atom. The number of carbonyl (C=O) groups is 2. The van der Waals surface area contributed by atoms with E-state index < -0.39 is 40.3 Å². The van der Waals surface area contributed by atoms with Crippen LogP contribution in [0, 0.1) is 11.3 Å². The quantitative estimate of drug-likeness (QED) is 0.500. The van der Waals surface area contributed by atoms with Gasteiger partial charge in [-0.05, 0) is 63.1 Å². The van der Waals surface area contributed by atoms with Crippen molar-refractivity contribution < 1.29 is 31.7 Å². The Kier molecular flexibility index (Phi) is 8.12. The number of alkyl carbamates (subject to hydrolysis) is 1. The van der Waals surface area contributed by atoms with Crippen molar-refractivity contribution in [2.45, 2.75) is 56.3 Å². The molecule has 0 bridgehead atoms.